The van der Waals surface area contributed by atoms with E-state index in [0.717, 1.165) is 22.0 Å². The first-order valence-corrected chi connectivity index (χ1v) is 10.9. The summed E-state index contributed by atoms with van der Waals surface area (Å²) in [4.78, 5) is 15.9. The summed E-state index contributed by atoms with van der Waals surface area (Å²) in [6, 6.07) is 5.98. The molecule has 3 rings (SSSR count). The minimum absolute atomic E-state index is 0.103. The molecule has 0 saturated carbocycles. The number of rotatable bonds is 5. The molecule has 0 unspecified atom stereocenters. The smallest absolute Gasteiger partial charge is 0.352 e. The highest BCUT2D eigenvalue weighted by molar-refractivity contribution is 7.89. The van der Waals surface area contributed by atoms with Gasteiger partial charge in [0.1, 0.15) is 0 Å². The first-order chi connectivity index (χ1) is 14.1. The van der Waals surface area contributed by atoms with Crippen molar-refractivity contribution in [1.29, 1.82) is 0 Å². The van der Waals surface area contributed by atoms with Crippen LogP contribution in [0.25, 0.3) is 0 Å². The van der Waals surface area contributed by atoms with Gasteiger partial charge >= 0.3 is 6.18 Å². The Balaban J connectivity index is 1.73. The molecule has 1 atom stereocenters. The Hall–Kier alpha value is -2.17. The van der Waals surface area contributed by atoms with Gasteiger partial charge in [0.05, 0.1) is 21.4 Å². The van der Waals surface area contributed by atoms with Gasteiger partial charge in [0.25, 0.3) is 0 Å². The summed E-state index contributed by atoms with van der Waals surface area (Å²) in [6.45, 7) is 0.297. The molecular weight excluding hydrogens is 443 g/mol. The lowest BCUT2D eigenvalue weighted by Gasteiger charge is -2.31. The number of alkyl halides is 3. The van der Waals surface area contributed by atoms with Gasteiger partial charge in [-0.15, -0.1) is 0 Å². The van der Waals surface area contributed by atoms with Crippen LogP contribution in [0, 0.1) is 5.92 Å². The van der Waals surface area contributed by atoms with Crippen LogP contribution in [0.1, 0.15) is 24.0 Å². The monoisotopic (exact) mass is 461 g/mol. The number of sulfonamides is 1. The van der Waals surface area contributed by atoms with Crippen LogP contribution in [0.5, 0.6) is 0 Å². The zero-order chi connectivity index (χ0) is 21.9. The number of carbonyl (C=O) groups excluding carboxylic acids is 1. The number of nitrogens with zero attached hydrogens (tertiary/aromatic N) is 2. The lowest BCUT2D eigenvalue weighted by atomic mass is 9.99. The number of hydrogen-bond acceptors (Lipinski definition) is 4. The highest BCUT2D eigenvalue weighted by Crippen LogP contribution is 2.36. The van der Waals surface area contributed by atoms with Crippen LogP contribution in [0.2, 0.25) is 5.02 Å². The maximum atomic E-state index is 13.1. The zero-order valence-electron chi connectivity index (χ0n) is 15.7. The molecule has 6 nitrogen and oxygen atoms in total. The van der Waals surface area contributed by atoms with E-state index in [9.17, 15) is 26.4 Å². The lowest BCUT2D eigenvalue weighted by Crippen LogP contribution is -2.45. The first kappa shape index (κ1) is 22.5. The minimum atomic E-state index is -4.78. The quantitative estimate of drug-likeness (QED) is 0.739. The van der Waals surface area contributed by atoms with Gasteiger partial charge in [-0.25, -0.2) is 8.42 Å². The average molecular weight is 462 g/mol. The van der Waals surface area contributed by atoms with Gasteiger partial charge in [-0.3, -0.25) is 9.78 Å². The molecular formula is C19H19ClF3N3O3S. The van der Waals surface area contributed by atoms with Crippen LogP contribution in [0.15, 0.2) is 47.6 Å². The summed E-state index contributed by atoms with van der Waals surface area (Å²) in [7, 11) is -4.21. The first-order valence-electron chi connectivity index (χ1n) is 9.12. The van der Waals surface area contributed by atoms with Crippen molar-refractivity contribution in [2.75, 3.05) is 13.1 Å². The molecule has 162 valence electrons. The van der Waals surface area contributed by atoms with E-state index in [1.807, 2.05) is 0 Å². The normalized spacial score (nSPS) is 18.2. The molecule has 0 aliphatic carbocycles. The fraction of sp³-hybridized carbons (Fsp3) is 0.368. The average Bonchev–Trinajstić information content (AvgIpc) is 2.72. The molecule has 1 aromatic heterocycles. The van der Waals surface area contributed by atoms with Crippen molar-refractivity contribution in [3.63, 3.8) is 0 Å². The number of carbonyl (C=O) groups is 1. The molecule has 1 aliphatic heterocycles. The van der Waals surface area contributed by atoms with Crippen molar-refractivity contribution in [1.82, 2.24) is 14.6 Å². The van der Waals surface area contributed by atoms with Gasteiger partial charge < -0.3 is 5.32 Å². The highest BCUT2D eigenvalue weighted by atomic mass is 35.5. The molecule has 0 bridgehead atoms. The number of aromatic nitrogens is 1. The molecule has 1 aliphatic rings. The maximum absolute atomic E-state index is 13.1. The van der Waals surface area contributed by atoms with Crippen LogP contribution in [-0.4, -0.2) is 36.7 Å². The predicted molar refractivity (Wildman–Crippen MR) is 104 cm³/mol. The van der Waals surface area contributed by atoms with Gasteiger partial charge in [0.15, 0.2) is 0 Å². The molecule has 1 N–H and O–H groups in total. The van der Waals surface area contributed by atoms with Gasteiger partial charge in [0.2, 0.25) is 15.9 Å². The molecule has 11 heteroatoms. The fourth-order valence-corrected chi connectivity index (χ4v) is 5.02. The third-order valence-electron chi connectivity index (χ3n) is 4.85. The second-order valence-corrected chi connectivity index (χ2v) is 9.26. The number of nitrogens with one attached hydrogen (secondary N) is 1. The largest absolute Gasteiger partial charge is 0.417 e. The predicted octanol–water partition coefficient (Wildman–Crippen LogP) is 3.47. The summed E-state index contributed by atoms with van der Waals surface area (Å²) in [6.07, 6.45) is -0.676. The summed E-state index contributed by atoms with van der Waals surface area (Å²) in [5.41, 5.74) is -0.367. The van der Waals surface area contributed by atoms with E-state index in [-0.39, 0.29) is 25.5 Å². The third kappa shape index (κ3) is 5.11. The van der Waals surface area contributed by atoms with Gasteiger partial charge in [-0.05, 0) is 48.7 Å². The van der Waals surface area contributed by atoms with Crippen LogP contribution >= 0.6 is 11.6 Å². The number of benzene rings is 1. The number of halogens is 4. The van der Waals surface area contributed by atoms with Crippen molar-refractivity contribution in [3.8, 4) is 0 Å². The minimum Gasteiger partial charge on any atom is -0.352 e. The van der Waals surface area contributed by atoms with E-state index in [4.69, 9.17) is 11.6 Å². The van der Waals surface area contributed by atoms with Gasteiger partial charge in [-0.1, -0.05) is 11.6 Å². The van der Waals surface area contributed by atoms with E-state index in [0.29, 0.717) is 18.9 Å². The lowest BCUT2D eigenvalue weighted by molar-refractivity contribution is -0.137. The molecule has 1 amide bonds. The standard InChI is InChI=1S/C19H19ClF3N3O3S/c20-17-4-3-15(10-16(17)19(21,22)23)30(28,29)26-9-1-2-14(12-26)18(27)25-11-13-5-7-24-8-6-13/h3-8,10,14H,1-2,9,11-12H2,(H,25,27)/t14-/m1/s1. The Morgan fingerprint density at radius 2 is 1.93 bits per heavy atom. The SMILES string of the molecule is O=C(NCc1ccncc1)[C@@H]1CCCN(S(=O)(=O)c2ccc(Cl)c(C(F)(F)F)c2)C1. The maximum Gasteiger partial charge on any atom is 0.417 e. The Labute approximate surface area is 177 Å². The molecule has 1 aromatic carbocycles. The van der Waals surface area contributed by atoms with Crippen LogP contribution < -0.4 is 5.32 Å². The Morgan fingerprint density at radius 1 is 1.23 bits per heavy atom. The van der Waals surface area contributed by atoms with Crippen molar-refractivity contribution >= 4 is 27.5 Å². The van der Waals surface area contributed by atoms with Crippen molar-refractivity contribution in [2.24, 2.45) is 5.92 Å². The van der Waals surface area contributed by atoms with E-state index in [1.165, 1.54) is 0 Å². The summed E-state index contributed by atoms with van der Waals surface area (Å²) < 4.78 is 66.2. The van der Waals surface area contributed by atoms with Crippen LogP contribution in [0.3, 0.4) is 0 Å². The van der Waals surface area contributed by atoms with E-state index >= 15 is 0 Å². The number of amides is 1. The molecule has 0 radical (unpaired) electrons. The fourth-order valence-electron chi connectivity index (χ4n) is 3.24. The summed E-state index contributed by atoms with van der Waals surface area (Å²) in [5, 5.41) is 2.19. The van der Waals surface area contributed by atoms with E-state index in [2.05, 4.69) is 10.3 Å². The summed E-state index contributed by atoms with van der Waals surface area (Å²) >= 11 is 5.58. The van der Waals surface area contributed by atoms with Crippen LogP contribution in [0.4, 0.5) is 13.2 Å². The summed E-state index contributed by atoms with van der Waals surface area (Å²) in [5.74, 6) is -0.899. The van der Waals surface area contributed by atoms with Crippen molar-refractivity contribution in [3.05, 3.63) is 58.9 Å². The van der Waals surface area contributed by atoms with Gasteiger partial charge in [-0.2, -0.15) is 17.5 Å². The Bertz CT molecular complexity index is 1020. The second-order valence-electron chi connectivity index (χ2n) is 6.91. The topological polar surface area (TPSA) is 79.4 Å². The highest BCUT2D eigenvalue weighted by Gasteiger charge is 2.37. The third-order valence-corrected chi connectivity index (χ3v) is 7.04. The second kappa shape index (κ2) is 8.91. The molecule has 2 aromatic rings. The molecule has 1 fully saturated rings. The zero-order valence-corrected chi connectivity index (χ0v) is 17.3. The molecule has 1 saturated heterocycles. The molecule has 30 heavy (non-hydrogen) atoms. The van der Waals surface area contributed by atoms with Crippen molar-refractivity contribution < 1.29 is 26.4 Å². The van der Waals surface area contributed by atoms with Crippen LogP contribution in [-0.2, 0) is 27.5 Å². The Kier molecular flexibility index (Phi) is 6.68. The number of piperidine rings is 1. The van der Waals surface area contributed by atoms with E-state index < -0.39 is 37.6 Å². The van der Waals surface area contributed by atoms with E-state index in [1.54, 1.807) is 24.5 Å². The number of hydrogen-bond donors (Lipinski definition) is 1. The Morgan fingerprint density at radius 3 is 2.60 bits per heavy atom. The van der Waals surface area contributed by atoms with Crippen molar-refractivity contribution in [2.45, 2.75) is 30.5 Å². The number of pyridine rings is 1. The van der Waals surface area contributed by atoms with Gasteiger partial charge in [0, 0.05) is 32.0 Å². The molecule has 2 heterocycles. The molecule has 0 spiro atoms.